The van der Waals surface area contributed by atoms with Crippen molar-refractivity contribution >= 4 is 17.5 Å². The number of likely N-dealkylation sites (tertiary alicyclic amines) is 1. The Balaban J connectivity index is 1.36. The second-order valence-corrected chi connectivity index (χ2v) is 9.05. The van der Waals surface area contributed by atoms with Crippen molar-refractivity contribution in [1.29, 1.82) is 0 Å². The van der Waals surface area contributed by atoms with E-state index in [1.54, 1.807) is 14.2 Å². The van der Waals surface area contributed by atoms with Gasteiger partial charge in [-0.3, -0.25) is 14.5 Å². The van der Waals surface area contributed by atoms with Crippen molar-refractivity contribution in [2.75, 3.05) is 45.7 Å². The van der Waals surface area contributed by atoms with Crippen LogP contribution in [-0.2, 0) is 16.0 Å². The molecule has 7 heteroatoms. The summed E-state index contributed by atoms with van der Waals surface area (Å²) >= 11 is 0. The third kappa shape index (κ3) is 7.48. The van der Waals surface area contributed by atoms with Gasteiger partial charge in [-0.2, -0.15) is 0 Å². The van der Waals surface area contributed by atoms with Crippen LogP contribution in [0.1, 0.15) is 36.0 Å². The van der Waals surface area contributed by atoms with Crippen LogP contribution in [0.4, 0.5) is 5.69 Å². The highest BCUT2D eigenvalue weighted by Crippen LogP contribution is 2.27. The average molecular weight is 468 g/mol. The molecule has 0 unspecified atom stereocenters. The number of carbonyl (C=O) groups is 2. The van der Waals surface area contributed by atoms with Crippen LogP contribution in [0, 0.1) is 19.8 Å². The molecule has 0 bridgehead atoms. The summed E-state index contributed by atoms with van der Waals surface area (Å²) in [7, 11) is 3.34. The largest absolute Gasteiger partial charge is 0.497 e. The molecule has 1 heterocycles. The quantitative estimate of drug-likeness (QED) is 0.557. The van der Waals surface area contributed by atoms with E-state index in [9.17, 15) is 9.59 Å². The Bertz CT molecular complexity index is 962. The summed E-state index contributed by atoms with van der Waals surface area (Å²) in [6.45, 7) is 6.08. The van der Waals surface area contributed by atoms with E-state index in [0.717, 1.165) is 67.1 Å². The fourth-order valence-corrected chi connectivity index (χ4v) is 4.33. The second kappa shape index (κ2) is 12.4. The minimum absolute atomic E-state index is 0.0212. The molecule has 0 spiro atoms. The molecule has 34 heavy (non-hydrogen) atoms. The van der Waals surface area contributed by atoms with Gasteiger partial charge in [0.05, 0.1) is 27.3 Å². The summed E-state index contributed by atoms with van der Waals surface area (Å²) in [5.74, 6) is 1.95. The first-order valence-corrected chi connectivity index (χ1v) is 11.9. The number of ether oxygens (including phenoxy) is 2. The zero-order valence-electron chi connectivity index (χ0n) is 20.8. The van der Waals surface area contributed by atoms with Crippen molar-refractivity contribution < 1.29 is 19.1 Å². The number of carbonyl (C=O) groups excluding carboxylic acids is 2. The van der Waals surface area contributed by atoms with Crippen LogP contribution in [-0.4, -0.2) is 57.1 Å². The molecule has 2 amide bonds. The number of piperidine rings is 1. The van der Waals surface area contributed by atoms with Crippen LogP contribution >= 0.6 is 0 Å². The molecule has 1 aliphatic rings. The summed E-state index contributed by atoms with van der Waals surface area (Å²) in [5.41, 5.74) is 4.16. The molecule has 0 aliphatic carbocycles. The van der Waals surface area contributed by atoms with E-state index in [0.29, 0.717) is 12.5 Å². The zero-order chi connectivity index (χ0) is 24.5. The topological polar surface area (TPSA) is 79.9 Å². The van der Waals surface area contributed by atoms with Crippen LogP contribution in [0.3, 0.4) is 0 Å². The van der Waals surface area contributed by atoms with E-state index in [2.05, 4.69) is 27.7 Å². The lowest BCUT2D eigenvalue weighted by Crippen LogP contribution is -2.43. The van der Waals surface area contributed by atoms with Gasteiger partial charge in [0.1, 0.15) is 11.5 Å². The Morgan fingerprint density at radius 3 is 2.32 bits per heavy atom. The molecule has 0 radical (unpaired) electrons. The van der Waals surface area contributed by atoms with E-state index in [4.69, 9.17) is 9.47 Å². The normalized spacial score (nSPS) is 14.5. The SMILES string of the molecule is COc1cc(CCC2CCN(CC(=O)NCC(=O)Nc3cccc(C)c3C)CC2)cc(OC)c1. The Morgan fingerprint density at radius 1 is 1.00 bits per heavy atom. The first-order valence-electron chi connectivity index (χ1n) is 11.9. The molecular formula is C27H37N3O4. The standard InChI is InChI=1S/C27H37N3O4/c1-19-6-5-7-25(20(19)2)29-26(31)17-28-27(32)18-30-12-10-21(11-13-30)8-9-22-14-23(33-3)16-24(15-22)34-4/h5-7,14-16,21H,8-13,17-18H2,1-4H3,(H,28,32)(H,29,31). The molecule has 2 aromatic carbocycles. The van der Waals surface area contributed by atoms with Gasteiger partial charge < -0.3 is 20.1 Å². The van der Waals surface area contributed by atoms with Gasteiger partial charge in [-0.1, -0.05) is 12.1 Å². The van der Waals surface area contributed by atoms with Crippen LogP contribution in [0.2, 0.25) is 0 Å². The number of hydrogen-bond acceptors (Lipinski definition) is 5. The van der Waals surface area contributed by atoms with Gasteiger partial charge in [0.25, 0.3) is 0 Å². The molecule has 1 fully saturated rings. The summed E-state index contributed by atoms with van der Waals surface area (Å²) in [4.78, 5) is 26.7. The lowest BCUT2D eigenvalue weighted by Gasteiger charge is -2.31. The fourth-order valence-electron chi connectivity index (χ4n) is 4.33. The first-order chi connectivity index (χ1) is 16.4. The highest BCUT2D eigenvalue weighted by atomic mass is 16.5. The molecule has 0 aromatic heterocycles. The number of nitrogens with zero attached hydrogens (tertiary/aromatic N) is 1. The lowest BCUT2D eigenvalue weighted by atomic mass is 9.90. The Labute approximate surface area is 202 Å². The van der Waals surface area contributed by atoms with Crippen LogP contribution in [0.15, 0.2) is 36.4 Å². The third-order valence-electron chi connectivity index (χ3n) is 6.65. The Kier molecular flexibility index (Phi) is 9.33. The minimum atomic E-state index is -0.213. The molecule has 1 aliphatic heterocycles. The number of aryl methyl sites for hydroxylation is 2. The summed E-state index contributed by atoms with van der Waals surface area (Å²) in [6, 6.07) is 11.8. The van der Waals surface area contributed by atoms with Crippen LogP contribution in [0.5, 0.6) is 11.5 Å². The van der Waals surface area contributed by atoms with Crippen molar-refractivity contribution in [1.82, 2.24) is 10.2 Å². The van der Waals surface area contributed by atoms with Crippen molar-refractivity contribution in [3.8, 4) is 11.5 Å². The number of benzene rings is 2. The molecule has 2 aromatic rings. The number of rotatable bonds is 10. The maximum atomic E-state index is 12.3. The van der Waals surface area contributed by atoms with Crippen LogP contribution in [0.25, 0.3) is 0 Å². The van der Waals surface area contributed by atoms with Gasteiger partial charge in [0.15, 0.2) is 0 Å². The number of hydrogen-bond donors (Lipinski definition) is 2. The number of methoxy groups -OCH3 is 2. The van der Waals surface area contributed by atoms with Gasteiger partial charge in [-0.25, -0.2) is 0 Å². The van der Waals surface area contributed by atoms with Gasteiger partial charge >= 0.3 is 0 Å². The van der Waals surface area contributed by atoms with E-state index in [-0.39, 0.29) is 18.4 Å². The second-order valence-electron chi connectivity index (χ2n) is 9.05. The van der Waals surface area contributed by atoms with Crippen LogP contribution < -0.4 is 20.1 Å². The molecule has 3 rings (SSSR count). The Morgan fingerprint density at radius 2 is 1.68 bits per heavy atom. The number of anilines is 1. The first kappa shape index (κ1) is 25.6. The van der Waals surface area contributed by atoms with Gasteiger partial charge in [-0.05, 0) is 93.4 Å². The third-order valence-corrected chi connectivity index (χ3v) is 6.65. The number of nitrogens with one attached hydrogen (secondary N) is 2. The van der Waals surface area contributed by atoms with Gasteiger partial charge in [-0.15, -0.1) is 0 Å². The molecule has 0 saturated carbocycles. The Hall–Kier alpha value is -3.06. The predicted molar refractivity (Wildman–Crippen MR) is 135 cm³/mol. The zero-order valence-corrected chi connectivity index (χ0v) is 20.8. The van der Waals surface area contributed by atoms with Gasteiger partial charge in [0, 0.05) is 11.8 Å². The van der Waals surface area contributed by atoms with E-state index in [1.807, 2.05) is 38.1 Å². The maximum Gasteiger partial charge on any atom is 0.243 e. The van der Waals surface area contributed by atoms with E-state index in [1.165, 1.54) is 5.56 Å². The van der Waals surface area contributed by atoms with Crippen molar-refractivity contribution in [3.63, 3.8) is 0 Å². The highest BCUT2D eigenvalue weighted by Gasteiger charge is 2.21. The predicted octanol–water partition coefficient (Wildman–Crippen LogP) is 3.72. The van der Waals surface area contributed by atoms with E-state index < -0.39 is 0 Å². The molecule has 2 N–H and O–H groups in total. The summed E-state index contributed by atoms with van der Waals surface area (Å²) in [6.07, 6.45) is 4.23. The molecule has 184 valence electrons. The van der Waals surface area contributed by atoms with Crippen molar-refractivity contribution in [2.45, 2.75) is 39.5 Å². The van der Waals surface area contributed by atoms with Crippen molar-refractivity contribution in [2.24, 2.45) is 5.92 Å². The fraction of sp³-hybridized carbons (Fsp3) is 0.481. The summed E-state index contributed by atoms with van der Waals surface area (Å²) < 4.78 is 10.7. The molecule has 0 atom stereocenters. The number of amides is 2. The average Bonchev–Trinajstić information content (AvgIpc) is 2.85. The molecular weight excluding hydrogens is 430 g/mol. The van der Waals surface area contributed by atoms with Gasteiger partial charge in [0.2, 0.25) is 11.8 Å². The lowest BCUT2D eigenvalue weighted by molar-refractivity contribution is -0.125. The summed E-state index contributed by atoms with van der Waals surface area (Å²) in [5, 5.41) is 5.62. The smallest absolute Gasteiger partial charge is 0.243 e. The highest BCUT2D eigenvalue weighted by molar-refractivity contribution is 5.95. The monoisotopic (exact) mass is 467 g/mol. The van der Waals surface area contributed by atoms with E-state index >= 15 is 0 Å². The van der Waals surface area contributed by atoms with Crippen molar-refractivity contribution in [3.05, 3.63) is 53.1 Å². The molecule has 1 saturated heterocycles. The molecule has 7 nitrogen and oxygen atoms in total. The minimum Gasteiger partial charge on any atom is -0.497 e. The maximum absolute atomic E-state index is 12.3.